The zero-order valence-corrected chi connectivity index (χ0v) is 17.6. The molecule has 2 aromatic rings. The highest BCUT2D eigenvalue weighted by Gasteiger charge is 2.20. The molecule has 0 aliphatic carbocycles. The highest BCUT2D eigenvalue weighted by Crippen LogP contribution is 2.39. The maximum atomic E-state index is 12.6. The minimum absolute atomic E-state index is 0.164. The summed E-state index contributed by atoms with van der Waals surface area (Å²) < 4.78 is 18.9. The average Bonchev–Trinajstić information content (AvgIpc) is 3.22. The Morgan fingerprint density at radius 1 is 1.17 bits per heavy atom. The molecule has 1 aromatic heterocycles. The summed E-state index contributed by atoms with van der Waals surface area (Å²) in [7, 11) is 0. The van der Waals surface area contributed by atoms with Crippen LogP contribution in [0.2, 0.25) is 0 Å². The van der Waals surface area contributed by atoms with Crippen LogP contribution < -0.4 is 19.7 Å². The van der Waals surface area contributed by atoms with Gasteiger partial charge in [0, 0.05) is 44.4 Å². The summed E-state index contributed by atoms with van der Waals surface area (Å²) in [6, 6.07) is 7.25. The van der Waals surface area contributed by atoms with Crippen LogP contribution in [0.25, 0.3) is 0 Å². The van der Waals surface area contributed by atoms with Gasteiger partial charge in [-0.15, -0.1) is 0 Å². The molecule has 30 heavy (non-hydrogen) atoms. The van der Waals surface area contributed by atoms with Gasteiger partial charge in [0.2, 0.25) is 5.91 Å². The zero-order valence-electron chi connectivity index (χ0n) is 17.6. The number of hydrogen-bond donors (Lipinski definition) is 1. The molecule has 1 saturated heterocycles. The molecule has 1 aliphatic rings. The third kappa shape index (κ3) is 5.33. The molecule has 8 heteroatoms. The summed E-state index contributed by atoms with van der Waals surface area (Å²) in [5, 5.41) is 2.94. The van der Waals surface area contributed by atoms with E-state index in [4.69, 9.17) is 14.2 Å². The summed E-state index contributed by atoms with van der Waals surface area (Å²) >= 11 is 0. The smallest absolute Gasteiger partial charge is 0.226 e. The van der Waals surface area contributed by atoms with Gasteiger partial charge in [0.05, 0.1) is 43.5 Å². The van der Waals surface area contributed by atoms with Crippen molar-refractivity contribution < 1.29 is 23.8 Å². The lowest BCUT2D eigenvalue weighted by Crippen LogP contribution is -2.36. The Bertz CT molecular complexity index is 858. The second kappa shape index (κ2) is 10.7. The van der Waals surface area contributed by atoms with E-state index in [1.54, 1.807) is 22.9 Å². The Hall–Kier alpha value is -3.00. The molecule has 8 nitrogen and oxygen atoms in total. The van der Waals surface area contributed by atoms with Gasteiger partial charge in [-0.2, -0.15) is 0 Å². The normalized spacial score (nSPS) is 13.7. The zero-order chi connectivity index (χ0) is 21.3. The van der Waals surface area contributed by atoms with Gasteiger partial charge in [0.15, 0.2) is 6.29 Å². The van der Waals surface area contributed by atoms with Gasteiger partial charge in [-0.1, -0.05) is 0 Å². The number of nitrogens with zero attached hydrogens (tertiary/aromatic N) is 2. The molecule has 2 heterocycles. The summed E-state index contributed by atoms with van der Waals surface area (Å²) in [4.78, 5) is 25.8. The lowest BCUT2D eigenvalue weighted by Gasteiger charge is -2.31. The number of anilines is 2. The molecule has 3 rings (SSSR count). The van der Waals surface area contributed by atoms with Crippen LogP contribution in [0.3, 0.4) is 0 Å². The number of hydrogen-bond acceptors (Lipinski definition) is 6. The van der Waals surface area contributed by atoms with Gasteiger partial charge >= 0.3 is 0 Å². The van der Waals surface area contributed by atoms with Gasteiger partial charge in [-0.3, -0.25) is 9.59 Å². The van der Waals surface area contributed by atoms with Gasteiger partial charge < -0.3 is 29.0 Å². The van der Waals surface area contributed by atoms with E-state index in [1.165, 1.54) is 0 Å². The Kier molecular flexibility index (Phi) is 7.73. The number of morpholine rings is 1. The average molecular weight is 415 g/mol. The molecule has 0 unspecified atom stereocenters. The number of nitrogens with one attached hydrogen (secondary N) is 1. The van der Waals surface area contributed by atoms with E-state index in [1.807, 2.05) is 26.0 Å². The molecule has 0 spiro atoms. The second-order valence-corrected chi connectivity index (χ2v) is 6.82. The predicted molar refractivity (Wildman–Crippen MR) is 115 cm³/mol. The number of ether oxygens (including phenoxy) is 3. The lowest BCUT2D eigenvalue weighted by atomic mass is 10.2. The highest BCUT2D eigenvalue weighted by molar-refractivity contribution is 5.93. The molecule has 1 aromatic carbocycles. The first kappa shape index (κ1) is 21.7. The third-order valence-corrected chi connectivity index (χ3v) is 4.85. The molecule has 1 N–H and O–H groups in total. The van der Waals surface area contributed by atoms with Crippen molar-refractivity contribution in [1.82, 2.24) is 4.57 Å². The number of carbonyl (C=O) groups is 2. The van der Waals surface area contributed by atoms with Gasteiger partial charge in [-0.25, -0.2) is 0 Å². The minimum atomic E-state index is -0.164. The van der Waals surface area contributed by atoms with Crippen molar-refractivity contribution >= 4 is 23.6 Å². The largest absolute Gasteiger partial charge is 0.492 e. The predicted octanol–water partition coefficient (Wildman–Crippen LogP) is 2.96. The molecule has 0 atom stereocenters. The van der Waals surface area contributed by atoms with Gasteiger partial charge in [0.1, 0.15) is 11.5 Å². The van der Waals surface area contributed by atoms with Crippen molar-refractivity contribution in [3.63, 3.8) is 0 Å². The van der Waals surface area contributed by atoms with Crippen molar-refractivity contribution in [3.05, 3.63) is 36.2 Å². The van der Waals surface area contributed by atoms with Crippen molar-refractivity contribution in [2.45, 2.75) is 26.8 Å². The van der Waals surface area contributed by atoms with E-state index in [2.05, 4.69) is 10.2 Å². The Labute approximate surface area is 176 Å². The van der Waals surface area contributed by atoms with Crippen molar-refractivity contribution in [2.24, 2.45) is 0 Å². The van der Waals surface area contributed by atoms with Crippen LogP contribution in [0.5, 0.6) is 11.5 Å². The maximum Gasteiger partial charge on any atom is 0.226 e. The molecule has 1 aliphatic heterocycles. The number of carbonyl (C=O) groups excluding carboxylic acids is 2. The number of rotatable bonds is 10. The van der Waals surface area contributed by atoms with E-state index in [0.717, 1.165) is 25.1 Å². The Morgan fingerprint density at radius 3 is 2.60 bits per heavy atom. The van der Waals surface area contributed by atoms with Crippen LogP contribution >= 0.6 is 0 Å². The van der Waals surface area contributed by atoms with Crippen LogP contribution in [-0.2, 0) is 16.1 Å². The van der Waals surface area contributed by atoms with Gasteiger partial charge in [0.25, 0.3) is 0 Å². The first-order valence-corrected chi connectivity index (χ1v) is 10.3. The fourth-order valence-corrected chi connectivity index (χ4v) is 3.42. The molecule has 162 valence electrons. The highest BCUT2D eigenvalue weighted by atomic mass is 16.5. The number of aryl methyl sites for hydroxylation is 1. The maximum absolute atomic E-state index is 12.6. The summed E-state index contributed by atoms with van der Waals surface area (Å²) in [6.07, 6.45) is 2.80. The standard InChI is InChI=1S/C22H29N3O5/c1-3-29-20-15-19(25-10-12-28-13-11-25)21(30-4-2)14-18(20)23-22(27)7-9-24-8-5-6-17(24)16-26/h5-6,8,14-16H,3-4,7,9-13H2,1-2H3,(H,23,27). The van der Waals surface area contributed by atoms with E-state index in [0.29, 0.717) is 55.9 Å². The van der Waals surface area contributed by atoms with Crippen LogP contribution in [0.15, 0.2) is 30.5 Å². The molecule has 1 fully saturated rings. The summed E-state index contributed by atoms with van der Waals surface area (Å²) in [5.74, 6) is 1.14. The first-order chi connectivity index (χ1) is 14.7. The van der Waals surface area contributed by atoms with Crippen molar-refractivity contribution in [3.8, 4) is 11.5 Å². The fraction of sp³-hybridized carbons (Fsp3) is 0.455. The molecule has 0 bridgehead atoms. The number of benzene rings is 1. The van der Waals surface area contributed by atoms with E-state index in [9.17, 15) is 9.59 Å². The van der Waals surface area contributed by atoms with Crippen molar-refractivity contribution in [2.75, 3.05) is 49.7 Å². The lowest BCUT2D eigenvalue weighted by molar-refractivity contribution is -0.116. The Morgan fingerprint density at radius 2 is 1.90 bits per heavy atom. The molecule has 0 radical (unpaired) electrons. The monoisotopic (exact) mass is 415 g/mol. The van der Waals surface area contributed by atoms with Crippen molar-refractivity contribution in [1.29, 1.82) is 0 Å². The minimum Gasteiger partial charge on any atom is -0.492 e. The van der Waals surface area contributed by atoms with Gasteiger partial charge in [-0.05, 0) is 26.0 Å². The van der Waals surface area contributed by atoms with E-state index >= 15 is 0 Å². The number of aldehydes is 1. The van der Waals surface area contributed by atoms with Crippen LogP contribution in [-0.4, -0.2) is 56.3 Å². The SMILES string of the molecule is CCOc1cc(N2CCOCC2)c(OCC)cc1NC(=O)CCn1cccc1C=O. The third-order valence-electron chi connectivity index (χ3n) is 4.85. The molecular weight excluding hydrogens is 386 g/mol. The van der Waals surface area contributed by atoms with E-state index in [-0.39, 0.29) is 12.3 Å². The topological polar surface area (TPSA) is 82.0 Å². The van der Waals surface area contributed by atoms with Crippen LogP contribution in [0.1, 0.15) is 30.8 Å². The van der Waals surface area contributed by atoms with Crippen LogP contribution in [0, 0.1) is 0 Å². The second-order valence-electron chi connectivity index (χ2n) is 6.82. The van der Waals surface area contributed by atoms with Crippen LogP contribution in [0.4, 0.5) is 11.4 Å². The first-order valence-electron chi connectivity index (χ1n) is 10.3. The number of aromatic nitrogens is 1. The summed E-state index contributed by atoms with van der Waals surface area (Å²) in [5.41, 5.74) is 2.06. The van der Waals surface area contributed by atoms with E-state index < -0.39 is 0 Å². The quantitative estimate of drug-likeness (QED) is 0.601. The fourth-order valence-electron chi connectivity index (χ4n) is 3.42. The molecule has 0 saturated carbocycles. The molecule has 1 amide bonds. The summed E-state index contributed by atoms with van der Waals surface area (Å²) in [6.45, 7) is 8.11. The number of amides is 1. The molecular formula is C22H29N3O5. The Balaban J connectivity index is 1.78.